The van der Waals surface area contributed by atoms with Gasteiger partial charge in [0.15, 0.2) is 0 Å². The highest BCUT2D eigenvalue weighted by molar-refractivity contribution is 5.53. The van der Waals surface area contributed by atoms with E-state index in [4.69, 9.17) is 9.47 Å². The Morgan fingerprint density at radius 2 is 1.83 bits per heavy atom. The molecule has 0 aliphatic carbocycles. The number of anilines is 1. The van der Waals surface area contributed by atoms with E-state index in [9.17, 15) is 9.50 Å². The quantitative estimate of drug-likeness (QED) is 0.564. The molecule has 3 aromatic carbocycles. The minimum atomic E-state index is -0.216. The Morgan fingerprint density at radius 3 is 2.53 bits per heavy atom. The smallest absolute Gasteiger partial charge is 0.124 e. The number of phenolic OH excluding ortho intramolecular Hbond substituents is 1. The Balaban J connectivity index is 1.55. The number of methoxy groups -OCH3 is 1. The molecule has 5 heteroatoms. The van der Waals surface area contributed by atoms with E-state index in [-0.39, 0.29) is 23.7 Å². The summed E-state index contributed by atoms with van der Waals surface area (Å²) in [4.78, 5) is 2.18. The third kappa shape index (κ3) is 4.41. The molecule has 1 N–H and O–H groups in total. The molecule has 4 nitrogen and oxygen atoms in total. The molecular weight excluding hydrogens is 381 g/mol. The van der Waals surface area contributed by atoms with E-state index in [1.54, 1.807) is 13.2 Å². The number of rotatable bonds is 7. The Morgan fingerprint density at radius 1 is 1.07 bits per heavy atom. The lowest BCUT2D eigenvalue weighted by molar-refractivity contribution is 0.0946. The maximum absolute atomic E-state index is 13.1. The van der Waals surface area contributed by atoms with Gasteiger partial charge in [-0.3, -0.25) is 0 Å². The van der Waals surface area contributed by atoms with Crippen LogP contribution in [0.1, 0.15) is 30.0 Å². The monoisotopic (exact) mass is 407 g/mol. The molecular formula is C25H26FNO3. The van der Waals surface area contributed by atoms with Crippen LogP contribution in [0, 0.1) is 5.82 Å². The molecule has 0 saturated carbocycles. The maximum Gasteiger partial charge on any atom is 0.124 e. The lowest BCUT2D eigenvalue weighted by Crippen LogP contribution is -2.27. The molecule has 1 aliphatic rings. The van der Waals surface area contributed by atoms with E-state index in [1.807, 2.05) is 42.5 Å². The predicted molar refractivity (Wildman–Crippen MR) is 115 cm³/mol. The van der Waals surface area contributed by atoms with Gasteiger partial charge in [-0.15, -0.1) is 0 Å². The van der Waals surface area contributed by atoms with Crippen molar-refractivity contribution in [1.29, 1.82) is 0 Å². The summed E-state index contributed by atoms with van der Waals surface area (Å²) in [6.07, 6.45) is 2.53. The molecule has 0 radical (unpaired) electrons. The second-order valence-corrected chi connectivity index (χ2v) is 7.53. The number of benzene rings is 3. The average molecular weight is 407 g/mol. The number of hydrogen-bond acceptors (Lipinski definition) is 4. The molecule has 30 heavy (non-hydrogen) atoms. The van der Waals surface area contributed by atoms with Crippen molar-refractivity contribution >= 4 is 5.69 Å². The van der Waals surface area contributed by atoms with Crippen molar-refractivity contribution in [2.24, 2.45) is 0 Å². The molecule has 1 fully saturated rings. The summed E-state index contributed by atoms with van der Waals surface area (Å²) in [6.45, 7) is 0.460. The van der Waals surface area contributed by atoms with E-state index >= 15 is 0 Å². The molecule has 0 amide bonds. The first-order valence-electron chi connectivity index (χ1n) is 10.2. The fourth-order valence-corrected chi connectivity index (χ4v) is 4.07. The third-order valence-corrected chi connectivity index (χ3v) is 5.63. The first-order valence-corrected chi connectivity index (χ1v) is 10.2. The van der Waals surface area contributed by atoms with Crippen LogP contribution >= 0.6 is 0 Å². The summed E-state index contributed by atoms with van der Waals surface area (Å²) in [5, 5.41) is 10.7. The van der Waals surface area contributed by atoms with Crippen LogP contribution in [0.15, 0.2) is 72.8 Å². The number of phenols is 1. The number of aromatic hydroxyl groups is 1. The average Bonchev–Trinajstić information content (AvgIpc) is 3.19. The lowest BCUT2D eigenvalue weighted by Gasteiger charge is -2.28. The number of halogens is 1. The highest BCUT2D eigenvalue weighted by Crippen LogP contribution is 2.42. The van der Waals surface area contributed by atoms with Crippen LogP contribution in [-0.4, -0.2) is 25.1 Å². The van der Waals surface area contributed by atoms with E-state index in [0.717, 1.165) is 36.1 Å². The molecule has 1 heterocycles. The second-order valence-electron chi connectivity index (χ2n) is 7.53. The lowest BCUT2D eigenvalue weighted by atomic mass is 9.94. The number of ether oxygens (including phenoxy) is 2. The normalized spacial score (nSPS) is 18.5. The van der Waals surface area contributed by atoms with E-state index in [2.05, 4.69) is 17.0 Å². The number of aryl methyl sites for hydroxylation is 1. The van der Waals surface area contributed by atoms with Gasteiger partial charge in [0, 0.05) is 17.3 Å². The van der Waals surface area contributed by atoms with Gasteiger partial charge in [-0.2, -0.15) is 0 Å². The summed E-state index contributed by atoms with van der Waals surface area (Å²) in [5.41, 5.74) is 2.99. The molecule has 2 unspecified atom stereocenters. The molecule has 4 rings (SSSR count). The summed E-state index contributed by atoms with van der Waals surface area (Å²) in [5.74, 6) is 0.607. The van der Waals surface area contributed by atoms with Crippen LogP contribution in [0.5, 0.6) is 11.5 Å². The van der Waals surface area contributed by atoms with Gasteiger partial charge in [0.1, 0.15) is 24.0 Å². The molecule has 0 bridgehead atoms. The van der Waals surface area contributed by atoms with E-state index in [0.29, 0.717) is 12.5 Å². The largest absolute Gasteiger partial charge is 0.507 e. The number of hydrogen-bond donors (Lipinski definition) is 1. The van der Waals surface area contributed by atoms with Crippen molar-refractivity contribution in [1.82, 2.24) is 0 Å². The van der Waals surface area contributed by atoms with E-state index < -0.39 is 0 Å². The number of nitrogens with zero attached hydrogens (tertiary/aromatic N) is 1. The van der Waals surface area contributed by atoms with Gasteiger partial charge in [-0.05, 0) is 61.2 Å². The van der Waals surface area contributed by atoms with Gasteiger partial charge in [0.2, 0.25) is 0 Å². The highest BCUT2D eigenvalue weighted by atomic mass is 19.1. The molecule has 156 valence electrons. The fourth-order valence-electron chi connectivity index (χ4n) is 4.07. The van der Waals surface area contributed by atoms with Crippen molar-refractivity contribution < 1.29 is 19.0 Å². The number of para-hydroxylation sites is 1. The SMILES string of the molecule is COc1ccc(C2C(CCCc3ccc(F)cc3)OCN2c2ccccc2)c(O)c1. The third-order valence-electron chi connectivity index (χ3n) is 5.63. The zero-order chi connectivity index (χ0) is 20.9. The Labute approximate surface area is 176 Å². The van der Waals surface area contributed by atoms with Gasteiger partial charge >= 0.3 is 0 Å². The minimum absolute atomic E-state index is 0.0649. The van der Waals surface area contributed by atoms with Crippen LogP contribution < -0.4 is 9.64 Å². The maximum atomic E-state index is 13.1. The standard InChI is InChI=1S/C25H26FNO3/c1-29-21-14-15-22(23(28)16-21)25-24(9-5-6-18-10-12-19(26)13-11-18)30-17-27(25)20-7-3-2-4-8-20/h2-4,7-8,10-16,24-25,28H,5-6,9,17H2,1H3. The van der Waals surface area contributed by atoms with E-state index in [1.165, 1.54) is 12.1 Å². The highest BCUT2D eigenvalue weighted by Gasteiger charge is 2.37. The van der Waals surface area contributed by atoms with Gasteiger partial charge in [-0.1, -0.05) is 30.3 Å². The zero-order valence-electron chi connectivity index (χ0n) is 17.0. The minimum Gasteiger partial charge on any atom is -0.507 e. The van der Waals surface area contributed by atoms with Gasteiger partial charge in [0.05, 0.1) is 19.3 Å². The fraction of sp³-hybridized carbons (Fsp3) is 0.280. The Bertz CT molecular complexity index is 962. The predicted octanol–water partition coefficient (Wildman–Crippen LogP) is 5.47. The zero-order valence-corrected chi connectivity index (χ0v) is 17.0. The van der Waals surface area contributed by atoms with Crippen LogP contribution in [-0.2, 0) is 11.2 Å². The first kappa shape index (κ1) is 20.2. The van der Waals surface area contributed by atoms with Crippen LogP contribution in [0.2, 0.25) is 0 Å². The van der Waals surface area contributed by atoms with Crippen LogP contribution in [0.25, 0.3) is 0 Å². The molecule has 2 atom stereocenters. The summed E-state index contributed by atoms with van der Waals surface area (Å²) in [7, 11) is 1.58. The van der Waals surface area contributed by atoms with Gasteiger partial charge in [-0.25, -0.2) is 4.39 Å². The molecule has 1 saturated heterocycles. The topological polar surface area (TPSA) is 41.9 Å². The Kier molecular flexibility index (Phi) is 6.19. The summed E-state index contributed by atoms with van der Waals surface area (Å²) >= 11 is 0. The van der Waals surface area contributed by atoms with Crippen LogP contribution in [0.4, 0.5) is 10.1 Å². The second kappa shape index (κ2) is 9.18. The first-order chi connectivity index (χ1) is 14.7. The summed E-state index contributed by atoms with van der Waals surface area (Å²) in [6, 6.07) is 22.1. The Hall–Kier alpha value is -3.05. The molecule has 0 aromatic heterocycles. The van der Waals surface area contributed by atoms with Crippen molar-refractivity contribution in [3.05, 3.63) is 89.7 Å². The molecule has 1 aliphatic heterocycles. The molecule has 3 aromatic rings. The summed E-state index contributed by atoms with van der Waals surface area (Å²) < 4.78 is 24.6. The van der Waals surface area contributed by atoms with Gasteiger partial charge < -0.3 is 19.5 Å². The van der Waals surface area contributed by atoms with Crippen molar-refractivity contribution in [3.63, 3.8) is 0 Å². The van der Waals surface area contributed by atoms with Crippen molar-refractivity contribution in [2.45, 2.75) is 31.4 Å². The van der Waals surface area contributed by atoms with Crippen LogP contribution in [0.3, 0.4) is 0 Å². The van der Waals surface area contributed by atoms with Gasteiger partial charge in [0.25, 0.3) is 0 Å². The van der Waals surface area contributed by atoms with Crippen molar-refractivity contribution in [2.75, 3.05) is 18.7 Å². The molecule has 0 spiro atoms. The van der Waals surface area contributed by atoms with Crippen molar-refractivity contribution in [3.8, 4) is 11.5 Å².